The van der Waals surface area contributed by atoms with Crippen molar-refractivity contribution in [2.75, 3.05) is 0 Å². The Kier molecular flexibility index (Phi) is 3.02. The molecule has 78 valence electrons. The van der Waals surface area contributed by atoms with Crippen LogP contribution in [-0.4, -0.2) is 21.1 Å². The maximum absolute atomic E-state index is 10.3. The molecule has 2 N–H and O–H groups in total. The van der Waals surface area contributed by atoms with Gasteiger partial charge in [0.2, 0.25) is 0 Å². The first-order valence-corrected chi connectivity index (χ1v) is 3.89. The van der Waals surface area contributed by atoms with Crippen LogP contribution in [0.3, 0.4) is 0 Å². The molecule has 1 aromatic rings. The van der Waals surface area contributed by atoms with E-state index in [0.29, 0.717) is 0 Å². The van der Waals surface area contributed by atoms with Gasteiger partial charge in [-0.1, -0.05) is 0 Å². The quantitative estimate of drug-likeness (QED) is 0.445. The molecule has 0 spiro atoms. The van der Waals surface area contributed by atoms with Crippen LogP contribution in [0.5, 0.6) is 5.75 Å². The number of benzene rings is 1. The Bertz CT molecular complexity index is 438. The van der Waals surface area contributed by atoms with Crippen molar-refractivity contribution in [1.82, 2.24) is 0 Å². The number of nitro benzene ring substituents is 1. The van der Waals surface area contributed by atoms with Gasteiger partial charge in [-0.05, 0) is 12.1 Å². The number of nitrogens with zero attached hydrogens (tertiary/aromatic N) is 1. The fraction of sp³-hybridized carbons (Fsp3) is 0. The second kappa shape index (κ2) is 4.23. The van der Waals surface area contributed by atoms with Gasteiger partial charge in [-0.3, -0.25) is 10.1 Å². The summed E-state index contributed by atoms with van der Waals surface area (Å²) in [5.41, 5.74) is -0.0389. The summed E-state index contributed by atoms with van der Waals surface area (Å²) in [6.45, 7) is 0. The van der Waals surface area contributed by atoms with E-state index in [-0.39, 0.29) is 17.0 Å². The van der Waals surface area contributed by atoms with E-state index < -0.39 is 10.9 Å². The Morgan fingerprint density at radius 1 is 1.47 bits per heavy atom. The summed E-state index contributed by atoms with van der Waals surface area (Å²) in [6, 6.07) is 3.41. The van der Waals surface area contributed by atoms with Gasteiger partial charge in [0.15, 0.2) is 0 Å². The molecule has 0 atom stereocenters. The van der Waals surface area contributed by atoms with Crippen molar-refractivity contribution < 1.29 is 19.9 Å². The predicted octanol–water partition coefficient (Wildman–Crippen LogP) is 1.40. The van der Waals surface area contributed by atoms with E-state index in [1.54, 1.807) is 0 Å². The average Bonchev–Trinajstić information content (AvgIpc) is 2.15. The van der Waals surface area contributed by atoms with Gasteiger partial charge in [-0.2, -0.15) is 0 Å². The average molecular weight is 209 g/mol. The molecule has 0 radical (unpaired) electrons. The van der Waals surface area contributed by atoms with Crippen molar-refractivity contribution in [1.29, 1.82) is 0 Å². The summed E-state index contributed by atoms with van der Waals surface area (Å²) >= 11 is 0. The highest BCUT2D eigenvalue weighted by Crippen LogP contribution is 2.24. The number of phenols is 1. The smallest absolute Gasteiger partial charge is 0.328 e. The highest BCUT2D eigenvalue weighted by molar-refractivity contribution is 5.86. The van der Waals surface area contributed by atoms with Gasteiger partial charge in [0.05, 0.1) is 11.0 Å². The Morgan fingerprint density at radius 3 is 2.60 bits per heavy atom. The lowest BCUT2D eigenvalue weighted by Gasteiger charge is -1.97. The molecule has 0 aliphatic rings. The van der Waals surface area contributed by atoms with Gasteiger partial charge in [0, 0.05) is 17.7 Å². The largest absolute Gasteiger partial charge is 0.507 e. The number of aromatic hydroxyl groups is 1. The normalized spacial score (nSPS) is 10.4. The Labute approximate surface area is 84.2 Å². The van der Waals surface area contributed by atoms with E-state index in [1.807, 2.05) is 0 Å². The van der Waals surface area contributed by atoms with Crippen molar-refractivity contribution in [3.05, 3.63) is 40.0 Å². The van der Waals surface area contributed by atoms with E-state index in [1.165, 1.54) is 12.1 Å². The number of carboxylic acid groups (broad SMARTS) is 1. The first-order chi connectivity index (χ1) is 7.00. The highest BCUT2D eigenvalue weighted by Gasteiger charge is 2.08. The van der Waals surface area contributed by atoms with E-state index in [4.69, 9.17) is 5.11 Å². The van der Waals surface area contributed by atoms with Gasteiger partial charge < -0.3 is 10.2 Å². The van der Waals surface area contributed by atoms with E-state index >= 15 is 0 Å². The summed E-state index contributed by atoms with van der Waals surface area (Å²) in [5, 5.41) is 27.9. The third-order valence-corrected chi connectivity index (χ3v) is 1.63. The number of non-ortho nitro benzene ring substituents is 1. The van der Waals surface area contributed by atoms with Crippen LogP contribution < -0.4 is 0 Å². The number of hydrogen-bond acceptors (Lipinski definition) is 4. The van der Waals surface area contributed by atoms with Crippen molar-refractivity contribution in [3.8, 4) is 5.75 Å². The van der Waals surface area contributed by atoms with Gasteiger partial charge in [-0.25, -0.2) is 4.79 Å². The Hall–Kier alpha value is -2.37. The maximum atomic E-state index is 10.3. The summed E-state index contributed by atoms with van der Waals surface area (Å²) in [5.74, 6) is -1.49. The molecule has 0 saturated heterocycles. The lowest BCUT2D eigenvalue weighted by atomic mass is 10.1. The molecule has 6 nitrogen and oxygen atoms in total. The summed E-state index contributed by atoms with van der Waals surface area (Å²) in [4.78, 5) is 19.8. The molecule has 0 amide bonds. The molecular formula is C9H7NO5. The molecule has 1 rings (SSSR count). The fourth-order valence-corrected chi connectivity index (χ4v) is 0.948. The van der Waals surface area contributed by atoms with Crippen LogP contribution in [0.15, 0.2) is 24.3 Å². The summed E-state index contributed by atoms with van der Waals surface area (Å²) < 4.78 is 0. The minimum absolute atomic E-state index is 0.211. The van der Waals surface area contributed by atoms with E-state index in [2.05, 4.69) is 0 Å². The summed E-state index contributed by atoms with van der Waals surface area (Å²) in [7, 11) is 0. The zero-order valence-corrected chi connectivity index (χ0v) is 7.45. The number of aliphatic carboxylic acids is 1. The van der Waals surface area contributed by atoms with E-state index in [9.17, 15) is 20.0 Å². The van der Waals surface area contributed by atoms with Crippen molar-refractivity contribution in [2.24, 2.45) is 0 Å². The zero-order valence-electron chi connectivity index (χ0n) is 7.45. The van der Waals surface area contributed by atoms with Crippen molar-refractivity contribution in [3.63, 3.8) is 0 Å². The SMILES string of the molecule is O=C(O)C=Cc1ccc([N+](=O)[O-])cc1O. The molecule has 0 aromatic heterocycles. The molecule has 1 aromatic carbocycles. The van der Waals surface area contributed by atoms with Crippen LogP contribution in [0.1, 0.15) is 5.56 Å². The number of hydrogen-bond donors (Lipinski definition) is 2. The third kappa shape index (κ3) is 2.80. The maximum Gasteiger partial charge on any atom is 0.328 e. The number of carboxylic acids is 1. The molecule has 0 bridgehead atoms. The minimum atomic E-state index is -1.16. The van der Waals surface area contributed by atoms with Crippen molar-refractivity contribution in [2.45, 2.75) is 0 Å². The monoisotopic (exact) mass is 209 g/mol. The topological polar surface area (TPSA) is 101 Å². The van der Waals surface area contributed by atoms with Crippen LogP contribution in [0.4, 0.5) is 5.69 Å². The first kappa shape index (κ1) is 10.7. The lowest BCUT2D eigenvalue weighted by Crippen LogP contribution is -1.89. The van der Waals surface area contributed by atoms with Gasteiger partial charge in [0.25, 0.3) is 5.69 Å². The standard InChI is InChI=1S/C9H7NO5/c11-8-5-7(10(14)15)3-1-6(8)2-4-9(12)13/h1-5,11H,(H,12,13). The highest BCUT2D eigenvalue weighted by atomic mass is 16.6. The second-order valence-corrected chi connectivity index (χ2v) is 2.67. The second-order valence-electron chi connectivity index (χ2n) is 2.67. The molecule has 0 saturated carbocycles. The molecule has 6 heteroatoms. The molecule has 0 heterocycles. The fourth-order valence-electron chi connectivity index (χ4n) is 0.948. The number of carbonyl (C=O) groups is 1. The first-order valence-electron chi connectivity index (χ1n) is 3.89. The van der Waals surface area contributed by atoms with Gasteiger partial charge in [-0.15, -0.1) is 0 Å². The van der Waals surface area contributed by atoms with Crippen LogP contribution in [0.2, 0.25) is 0 Å². The zero-order chi connectivity index (χ0) is 11.4. The molecular weight excluding hydrogens is 202 g/mol. The van der Waals surface area contributed by atoms with Crippen LogP contribution in [-0.2, 0) is 4.79 Å². The van der Waals surface area contributed by atoms with Crippen molar-refractivity contribution >= 4 is 17.7 Å². The van der Waals surface area contributed by atoms with Gasteiger partial charge in [0.1, 0.15) is 5.75 Å². The molecule has 0 aliphatic heterocycles. The van der Waals surface area contributed by atoms with E-state index in [0.717, 1.165) is 18.2 Å². The van der Waals surface area contributed by atoms with Crippen LogP contribution in [0, 0.1) is 10.1 Å². The Balaban J connectivity index is 3.03. The minimum Gasteiger partial charge on any atom is -0.507 e. The molecule has 0 unspecified atom stereocenters. The van der Waals surface area contributed by atoms with Crippen LogP contribution in [0.25, 0.3) is 6.08 Å². The third-order valence-electron chi connectivity index (χ3n) is 1.63. The lowest BCUT2D eigenvalue weighted by molar-refractivity contribution is -0.384. The number of nitro groups is 1. The van der Waals surface area contributed by atoms with Gasteiger partial charge >= 0.3 is 5.97 Å². The number of phenolic OH excluding ortho intramolecular Hbond substituents is 1. The van der Waals surface area contributed by atoms with Crippen LogP contribution >= 0.6 is 0 Å². The number of rotatable bonds is 3. The molecule has 15 heavy (non-hydrogen) atoms. The molecule has 0 fully saturated rings. The summed E-state index contributed by atoms with van der Waals surface area (Å²) in [6.07, 6.45) is 1.99. The molecule has 0 aliphatic carbocycles. The predicted molar refractivity (Wildman–Crippen MR) is 51.4 cm³/mol. The Morgan fingerprint density at radius 2 is 2.13 bits per heavy atom.